The Morgan fingerprint density at radius 2 is 2.23 bits per heavy atom. The fourth-order valence-corrected chi connectivity index (χ4v) is 2.92. The van der Waals surface area contributed by atoms with Crippen molar-refractivity contribution in [3.63, 3.8) is 0 Å². The van der Waals surface area contributed by atoms with Gasteiger partial charge in [0.1, 0.15) is 5.82 Å². The number of amides is 2. The van der Waals surface area contributed by atoms with Gasteiger partial charge in [-0.2, -0.15) is 0 Å². The molecule has 0 saturated carbocycles. The van der Waals surface area contributed by atoms with Crippen LogP contribution in [0.25, 0.3) is 0 Å². The van der Waals surface area contributed by atoms with E-state index in [1.54, 1.807) is 12.1 Å². The Hall–Kier alpha value is -1.99. The van der Waals surface area contributed by atoms with Crippen molar-refractivity contribution in [2.45, 2.75) is 32.9 Å². The Morgan fingerprint density at radius 1 is 1.45 bits per heavy atom. The third-order valence-electron chi connectivity index (χ3n) is 2.96. The van der Waals surface area contributed by atoms with Crippen LogP contribution in [0.3, 0.4) is 0 Å². The minimum atomic E-state index is -0.419. The molecule has 3 N–H and O–H groups in total. The summed E-state index contributed by atoms with van der Waals surface area (Å²) in [6, 6.07) is 5.62. The zero-order valence-corrected chi connectivity index (χ0v) is 13.2. The van der Waals surface area contributed by atoms with Gasteiger partial charge in [0.05, 0.1) is 12.3 Å². The molecule has 0 radical (unpaired) electrons. The summed E-state index contributed by atoms with van der Waals surface area (Å²) in [5.74, 6) is -0.112. The number of hydrogen-bond acceptors (Lipinski definition) is 4. The minimum absolute atomic E-state index is 0.156. The fourth-order valence-electron chi connectivity index (χ4n) is 1.95. The first-order valence-electron chi connectivity index (χ1n) is 6.89. The van der Waals surface area contributed by atoms with Crippen LogP contribution in [0.5, 0.6) is 0 Å². The SMILES string of the molecule is CC(C)c1sc(NC(=O)NCc2cccc(F)c2)nc1CO. The molecule has 1 heterocycles. The van der Waals surface area contributed by atoms with Gasteiger partial charge in [-0.25, -0.2) is 14.2 Å². The number of halogens is 1. The Bertz CT molecular complexity index is 658. The number of aromatic nitrogens is 1. The standard InChI is InChI=1S/C15H18FN3O2S/c1-9(2)13-12(8-20)18-15(22-13)19-14(21)17-7-10-4-3-5-11(16)6-10/h3-6,9,20H,7-8H2,1-2H3,(H2,17,18,19,21). The molecule has 22 heavy (non-hydrogen) atoms. The number of carbonyl (C=O) groups excluding carboxylic acids is 1. The Kier molecular flexibility index (Phi) is 5.46. The van der Waals surface area contributed by atoms with Crippen LogP contribution >= 0.6 is 11.3 Å². The second-order valence-corrected chi connectivity index (χ2v) is 6.11. The maximum atomic E-state index is 13.0. The second-order valence-electron chi connectivity index (χ2n) is 5.08. The number of anilines is 1. The molecule has 2 aromatic rings. The highest BCUT2D eigenvalue weighted by Crippen LogP contribution is 2.29. The molecule has 0 fully saturated rings. The van der Waals surface area contributed by atoms with Crippen LogP contribution < -0.4 is 10.6 Å². The molecule has 0 bridgehead atoms. The van der Waals surface area contributed by atoms with E-state index in [1.165, 1.54) is 23.5 Å². The van der Waals surface area contributed by atoms with Crippen LogP contribution in [0.15, 0.2) is 24.3 Å². The summed E-state index contributed by atoms with van der Waals surface area (Å²) in [5.41, 5.74) is 1.26. The number of rotatable bonds is 5. The maximum absolute atomic E-state index is 13.0. The third-order valence-corrected chi connectivity index (χ3v) is 4.28. The van der Waals surface area contributed by atoms with Crippen molar-refractivity contribution >= 4 is 22.5 Å². The van der Waals surface area contributed by atoms with E-state index in [1.807, 2.05) is 13.8 Å². The van der Waals surface area contributed by atoms with Gasteiger partial charge in [-0.05, 0) is 23.6 Å². The predicted molar refractivity (Wildman–Crippen MR) is 84.4 cm³/mol. The molecule has 0 aliphatic carbocycles. The first-order valence-corrected chi connectivity index (χ1v) is 7.71. The average molecular weight is 323 g/mol. The van der Waals surface area contributed by atoms with E-state index < -0.39 is 6.03 Å². The molecule has 118 valence electrons. The Balaban J connectivity index is 1.94. The average Bonchev–Trinajstić information content (AvgIpc) is 2.88. The van der Waals surface area contributed by atoms with Crippen molar-refractivity contribution in [2.24, 2.45) is 0 Å². The first kappa shape index (κ1) is 16.4. The highest BCUT2D eigenvalue weighted by atomic mass is 32.1. The van der Waals surface area contributed by atoms with Gasteiger partial charge in [-0.1, -0.05) is 26.0 Å². The van der Waals surface area contributed by atoms with Crippen molar-refractivity contribution in [3.05, 3.63) is 46.2 Å². The molecular weight excluding hydrogens is 305 g/mol. The molecule has 0 spiro atoms. The summed E-state index contributed by atoms with van der Waals surface area (Å²) in [5, 5.41) is 15.0. The van der Waals surface area contributed by atoms with Crippen molar-refractivity contribution in [1.29, 1.82) is 0 Å². The van der Waals surface area contributed by atoms with E-state index in [2.05, 4.69) is 15.6 Å². The van der Waals surface area contributed by atoms with Crippen LogP contribution in [0.2, 0.25) is 0 Å². The van der Waals surface area contributed by atoms with E-state index in [9.17, 15) is 14.3 Å². The third kappa shape index (κ3) is 4.25. The molecule has 0 atom stereocenters. The smallest absolute Gasteiger partial charge is 0.321 e. The molecular formula is C15H18FN3O2S. The molecule has 0 unspecified atom stereocenters. The van der Waals surface area contributed by atoms with Crippen molar-refractivity contribution in [1.82, 2.24) is 10.3 Å². The van der Waals surface area contributed by atoms with E-state index in [4.69, 9.17) is 0 Å². The van der Waals surface area contributed by atoms with E-state index >= 15 is 0 Å². The van der Waals surface area contributed by atoms with Gasteiger partial charge in [0, 0.05) is 11.4 Å². The quantitative estimate of drug-likeness (QED) is 0.791. The number of nitrogens with one attached hydrogen (secondary N) is 2. The molecule has 7 heteroatoms. The van der Waals surface area contributed by atoms with Gasteiger partial charge in [0.2, 0.25) is 0 Å². The number of nitrogens with zero attached hydrogens (tertiary/aromatic N) is 1. The molecule has 0 aliphatic rings. The number of benzene rings is 1. The number of thiazole rings is 1. The van der Waals surface area contributed by atoms with Crippen molar-refractivity contribution in [2.75, 3.05) is 5.32 Å². The number of urea groups is 1. The van der Waals surface area contributed by atoms with Crippen molar-refractivity contribution < 1.29 is 14.3 Å². The van der Waals surface area contributed by atoms with Crippen LogP contribution in [-0.2, 0) is 13.2 Å². The van der Waals surface area contributed by atoms with E-state index in [-0.39, 0.29) is 24.9 Å². The zero-order valence-electron chi connectivity index (χ0n) is 12.4. The lowest BCUT2D eigenvalue weighted by Gasteiger charge is -2.05. The summed E-state index contributed by atoms with van der Waals surface area (Å²) in [7, 11) is 0. The van der Waals surface area contributed by atoms with Crippen LogP contribution in [0, 0.1) is 5.82 Å². The van der Waals surface area contributed by atoms with Gasteiger partial charge in [-0.15, -0.1) is 11.3 Å². The lowest BCUT2D eigenvalue weighted by molar-refractivity contribution is 0.251. The van der Waals surface area contributed by atoms with Gasteiger partial charge >= 0.3 is 6.03 Å². The summed E-state index contributed by atoms with van der Waals surface area (Å²) >= 11 is 1.34. The summed E-state index contributed by atoms with van der Waals surface area (Å²) in [6.07, 6.45) is 0. The Labute approximate surface area is 132 Å². The monoisotopic (exact) mass is 323 g/mol. The van der Waals surface area contributed by atoms with E-state index in [0.717, 1.165) is 4.88 Å². The van der Waals surface area contributed by atoms with Crippen molar-refractivity contribution in [3.8, 4) is 0 Å². The molecule has 0 saturated heterocycles. The molecule has 1 aromatic carbocycles. The maximum Gasteiger partial charge on any atom is 0.321 e. The number of hydrogen-bond donors (Lipinski definition) is 3. The van der Waals surface area contributed by atoms with Gasteiger partial charge in [0.25, 0.3) is 0 Å². The summed E-state index contributed by atoms with van der Waals surface area (Å²) in [6.45, 7) is 4.07. The highest BCUT2D eigenvalue weighted by Gasteiger charge is 2.14. The van der Waals surface area contributed by atoms with Gasteiger partial charge in [0.15, 0.2) is 5.13 Å². The normalized spacial score (nSPS) is 10.8. The predicted octanol–water partition coefficient (Wildman–Crippen LogP) is 3.22. The first-order chi connectivity index (χ1) is 10.5. The number of aliphatic hydroxyl groups is 1. The molecule has 2 rings (SSSR count). The Morgan fingerprint density at radius 3 is 2.82 bits per heavy atom. The lowest BCUT2D eigenvalue weighted by atomic mass is 10.1. The summed E-state index contributed by atoms with van der Waals surface area (Å²) in [4.78, 5) is 17.0. The minimum Gasteiger partial charge on any atom is -0.390 e. The second kappa shape index (κ2) is 7.33. The van der Waals surface area contributed by atoms with Gasteiger partial charge in [-0.3, -0.25) is 5.32 Å². The topological polar surface area (TPSA) is 74.2 Å². The van der Waals surface area contributed by atoms with Gasteiger partial charge < -0.3 is 10.4 Å². The fraction of sp³-hybridized carbons (Fsp3) is 0.333. The van der Waals surface area contributed by atoms with Crippen LogP contribution in [0.4, 0.5) is 14.3 Å². The zero-order chi connectivity index (χ0) is 16.1. The van der Waals surface area contributed by atoms with Crippen LogP contribution in [-0.4, -0.2) is 16.1 Å². The highest BCUT2D eigenvalue weighted by molar-refractivity contribution is 7.16. The van der Waals surface area contributed by atoms with E-state index in [0.29, 0.717) is 16.4 Å². The number of aliphatic hydroxyl groups excluding tert-OH is 1. The molecule has 0 aliphatic heterocycles. The summed E-state index contributed by atoms with van der Waals surface area (Å²) < 4.78 is 13.0. The molecule has 1 aromatic heterocycles. The lowest BCUT2D eigenvalue weighted by Crippen LogP contribution is -2.28. The largest absolute Gasteiger partial charge is 0.390 e. The number of carbonyl (C=O) groups is 1. The molecule has 5 nitrogen and oxygen atoms in total. The van der Waals surface area contributed by atoms with Crippen LogP contribution in [0.1, 0.15) is 35.9 Å². The molecule has 2 amide bonds.